The number of unbranched alkanes of at least 4 members (excludes halogenated alkanes) is 1. The zero-order valence-corrected chi connectivity index (χ0v) is 18.2. The molecule has 30 heavy (non-hydrogen) atoms. The molecule has 0 atom stereocenters. The third kappa shape index (κ3) is 6.09. The second-order valence-corrected chi connectivity index (χ2v) is 7.69. The fraction of sp³-hybridized carbons (Fsp3) is 0.440. The van der Waals surface area contributed by atoms with Gasteiger partial charge in [-0.2, -0.15) is 0 Å². The van der Waals surface area contributed by atoms with E-state index in [2.05, 4.69) is 41.1 Å². The molecule has 3 rings (SSSR count). The largest absolute Gasteiger partial charge is 0.493 e. The standard InChI is InChI=1S/C25H33N3O2/c1-3-11-25(29)26-17-10-16-24-27-21-13-5-6-14-22(21)28(24)18-8-9-19-30-23-15-7-4-12-20(23)2/h4-7,12-15H,3,8-11,16-19H2,1-2H3,(H,26,29). The number of nitrogens with zero attached hydrogens (tertiary/aromatic N) is 2. The highest BCUT2D eigenvalue weighted by molar-refractivity contribution is 5.76. The molecule has 5 nitrogen and oxygen atoms in total. The highest BCUT2D eigenvalue weighted by Gasteiger charge is 2.10. The van der Waals surface area contributed by atoms with Crippen molar-refractivity contribution in [3.8, 4) is 5.75 Å². The molecule has 0 fully saturated rings. The summed E-state index contributed by atoms with van der Waals surface area (Å²) in [5.41, 5.74) is 3.40. The van der Waals surface area contributed by atoms with Crippen LogP contribution in [0.25, 0.3) is 11.0 Å². The van der Waals surface area contributed by atoms with E-state index in [1.54, 1.807) is 0 Å². The van der Waals surface area contributed by atoms with Crippen molar-refractivity contribution in [2.24, 2.45) is 0 Å². The molecule has 1 amide bonds. The number of rotatable bonds is 12. The van der Waals surface area contributed by atoms with Gasteiger partial charge in [-0.3, -0.25) is 4.79 Å². The summed E-state index contributed by atoms with van der Waals surface area (Å²) >= 11 is 0. The van der Waals surface area contributed by atoms with E-state index < -0.39 is 0 Å². The number of imidazole rings is 1. The van der Waals surface area contributed by atoms with Crippen LogP contribution in [0.5, 0.6) is 5.75 Å². The fourth-order valence-corrected chi connectivity index (χ4v) is 3.63. The summed E-state index contributed by atoms with van der Waals surface area (Å²) in [4.78, 5) is 16.5. The molecule has 0 spiro atoms. The minimum atomic E-state index is 0.139. The van der Waals surface area contributed by atoms with Crippen LogP contribution < -0.4 is 10.1 Å². The summed E-state index contributed by atoms with van der Waals surface area (Å²) < 4.78 is 8.26. The van der Waals surface area contributed by atoms with Gasteiger partial charge in [-0.1, -0.05) is 37.3 Å². The van der Waals surface area contributed by atoms with Gasteiger partial charge in [-0.15, -0.1) is 0 Å². The minimum Gasteiger partial charge on any atom is -0.493 e. The highest BCUT2D eigenvalue weighted by Crippen LogP contribution is 2.19. The lowest BCUT2D eigenvalue weighted by Gasteiger charge is -2.11. The van der Waals surface area contributed by atoms with E-state index in [9.17, 15) is 4.79 Å². The van der Waals surface area contributed by atoms with Crippen LogP contribution in [0.2, 0.25) is 0 Å². The summed E-state index contributed by atoms with van der Waals surface area (Å²) in [5.74, 6) is 2.21. The molecule has 1 heterocycles. The molecule has 0 aliphatic heterocycles. The molecule has 0 radical (unpaired) electrons. The van der Waals surface area contributed by atoms with Gasteiger partial charge in [-0.25, -0.2) is 4.98 Å². The number of hydrogen-bond donors (Lipinski definition) is 1. The predicted molar refractivity (Wildman–Crippen MR) is 122 cm³/mol. The average molecular weight is 408 g/mol. The SMILES string of the molecule is CCCC(=O)NCCCc1nc2ccccc2n1CCCCOc1ccccc1C. The number of benzene rings is 2. The number of aryl methyl sites for hydroxylation is 3. The van der Waals surface area contributed by atoms with Crippen molar-refractivity contribution in [1.29, 1.82) is 0 Å². The van der Waals surface area contributed by atoms with Crippen molar-refractivity contribution in [1.82, 2.24) is 14.9 Å². The Bertz CT molecular complexity index is 948. The van der Waals surface area contributed by atoms with E-state index in [0.717, 1.165) is 62.3 Å². The van der Waals surface area contributed by atoms with Crippen molar-refractivity contribution in [2.45, 2.75) is 58.9 Å². The summed E-state index contributed by atoms with van der Waals surface area (Å²) in [6.07, 6.45) is 5.27. The van der Waals surface area contributed by atoms with Crippen LogP contribution >= 0.6 is 0 Å². The highest BCUT2D eigenvalue weighted by atomic mass is 16.5. The lowest BCUT2D eigenvalue weighted by atomic mass is 10.2. The summed E-state index contributed by atoms with van der Waals surface area (Å²) in [7, 11) is 0. The molecular formula is C25H33N3O2. The second-order valence-electron chi connectivity index (χ2n) is 7.69. The average Bonchev–Trinajstić information content (AvgIpc) is 3.10. The van der Waals surface area contributed by atoms with Gasteiger partial charge >= 0.3 is 0 Å². The lowest BCUT2D eigenvalue weighted by Crippen LogP contribution is -2.24. The minimum absolute atomic E-state index is 0.139. The Balaban J connectivity index is 1.52. The van der Waals surface area contributed by atoms with Crippen LogP contribution in [0.3, 0.4) is 0 Å². The van der Waals surface area contributed by atoms with Crippen LogP contribution in [-0.2, 0) is 17.8 Å². The number of nitrogens with one attached hydrogen (secondary N) is 1. The van der Waals surface area contributed by atoms with Crippen LogP contribution in [0.4, 0.5) is 0 Å². The number of amides is 1. The summed E-state index contributed by atoms with van der Waals surface area (Å²) in [6, 6.07) is 16.4. The normalized spacial score (nSPS) is 11.0. The number of ether oxygens (including phenoxy) is 1. The van der Waals surface area contributed by atoms with E-state index >= 15 is 0 Å². The van der Waals surface area contributed by atoms with E-state index in [1.807, 2.05) is 31.2 Å². The van der Waals surface area contributed by atoms with Crippen molar-refractivity contribution in [3.63, 3.8) is 0 Å². The Morgan fingerprint density at radius 1 is 1.07 bits per heavy atom. The summed E-state index contributed by atoms with van der Waals surface area (Å²) in [6.45, 7) is 6.44. The lowest BCUT2D eigenvalue weighted by molar-refractivity contribution is -0.121. The molecule has 0 saturated carbocycles. The Morgan fingerprint density at radius 2 is 1.87 bits per heavy atom. The molecule has 0 bridgehead atoms. The van der Waals surface area contributed by atoms with E-state index in [0.29, 0.717) is 13.0 Å². The van der Waals surface area contributed by atoms with Gasteiger partial charge in [0.25, 0.3) is 0 Å². The molecule has 0 aliphatic rings. The maximum Gasteiger partial charge on any atom is 0.219 e. The van der Waals surface area contributed by atoms with E-state index in [1.165, 1.54) is 11.1 Å². The first-order chi connectivity index (χ1) is 14.7. The first-order valence-corrected chi connectivity index (χ1v) is 11.1. The van der Waals surface area contributed by atoms with Gasteiger partial charge in [0.2, 0.25) is 5.91 Å². The molecule has 0 saturated heterocycles. The van der Waals surface area contributed by atoms with Gasteiger partial charge in [0.15, 0.2) is 0 Å². The fourth-order valence-electron chi connectivity index (χ4n) is 3.63. The first-order valence-electron chi connectivity index (χ1n) is 11.1. The Labute approximate surface area is 179 Å². The molecule has 0 unspecified atom stereocenters. The van der Waals surface area contributed by atoms with Gasteiger partial charge in [0, 0.05) is 25.9 Å². The summed E-state index contributed by atoms with van der Waals surface area (Å²) in [5, 5.41) is 2.99. The van der Waals surface area contributed by atoms with Crippen LogP contribution in [0.15, 0.2) is 48.5 Å². The molecule has 3 aromatic rings. The van der Waals surface area contributed by atoms with Crippen molar-refractivity contribution in [3.05, 3.63) is 59.9 Å². The molecule has 1 N–H and O–H groups in total. The maximum atomic E-state index is 11.6. The number of fused-ring (bicyclic) bond motifs is 1. The topological polar surface area (TPSA) is 56.2 Å². The maximum absolute atomic E-state index is 11.6. The monoisotopic (exact) mass is 407 g/mol. The second kappa shape index (κ2) is 11.4. The third-order valence-electron chi connectivity index (χ3n) is 5.24. The predicted octanol–water partition coefficient (Wildman–Crippen LogP) is 5.05. The molecule has 0 aliphatic carbocycles. The van der Waals surface area contributed by atoms with Crippen LogP contribution in [-0.4, -0.2) is 28.6 Å². The van der Waals surface area contributed by atoms with Crippen molar-refractivity contribution >= 4 is 16.9 Å². The first kappa shape index (κ1) is 21.9. The zero-order chi connectivity index (χ0) is 21.2. The smallest absolute Gasteiger partial charge is 0.219 e. The molecule has 5 heteroatoms. The number of aromatic nitrogens is 2. The zero-order valence-electron chi connectivity index (χ0n) is 18.2. The number of carbonyl (C=O) groups is 1. The number of hydrogen-bond acceptors (Lipinski definition) is 3. The quantitative estimate of drug-likeness (QED) is 0.427. The number of carbonyl (C=O) groups excluding carboxylic acids is 1. The van der Waals surface area contributed by atoms with E-state index in [-0.39, 0.29) is 5.91 Å². The van der Waals surface area contributed by atoms with Crippen molar-refractivity contribution < 1.29 is 9.53 Å². The van der Waals surface area contributed by atoms with Gasteiger partial charge < -0.3 is 14.6 Å². The van der Waals surface area contributed by atoms with Crippen LogP contribution in [0.1, 0.15) is 50.4 Å². The molecule has 1 aromatic heterocycles. The van der Waals surface area contributed by atoms with Gasteiger partial charge in [-0.05, 0) is 56.4 Å². The molecular weight excluding hydrogens is 374 g/mol. The van der Waals surface area contributed by atoms with Gasteiger partial charge in [0.05, 0.1) is 17.6 Å². The van der Waals surface area contributed by atoms with Gasteiger partial charge in [0.1, 0.15) is 11.6 Å². The molecule has 160 valence electrons. The Hall–Kier alpha value is -2.82. The Kier molecular flexibility index (Phi) is 8.30. The molecule has 2 aromatic carbocycles. The van der Waals surface area contributed by atoms with E-state index in [4.69, 9.17) is 9.72 Å². The Morgan fingerprint density at radius 3 is 2.70 bits per heavy atom. The third-order valence-corrected chi connectivity index (χ3v) is 5.24. The van der Waals surface area contributed by atoms with Crippen LogP contribution in [0, 0.1) is 6.92 Å². The van der Waals surface area contributed by atoms with Crippen molar-refractivity contribution in [2.75, 3.05) is 13.2 Å². The number of para-hydroxylation sites is 3.